The first-order valence-corrected chi connectivity index (χ1v) is 4.85. The van der Waals surface area contributed by atoms with Crippen molar-refractivity contribution in [1.82, 2.24) is 4.90 Å². The lowest BCUT2D eigenvalue weighted by molar-refractivity contribution is 0.114. The van der Waals surface area contributed by atoms with E-state index in [9.17, 15) is 0 Å². The largest absolute Gasteiger partial charge is 0.380 e. The molecule has 0 amide bonds. The molecule has 1 aliphatic heterocycles. The number of nitrogens with two attached hydrogens (primary N) is 1. The summed E-state index contributed by atoms with van der Waals surface area (Å²) in [6.45, 7) is 4.77. The number of hydrogen-bond acceptors (Lipinski definition) is 2. The van der Waals surface area contributed by atoms with E-state index in [1.165, 1.54) is 0 Å². The molecular weight excluding hydrogens is 166 g/mol. The number of rotatable bonds is 3. The second kappa shape index (κ2) is 5.07. The summed E-state index contributed by atoms with van der Waals surface area (Å²) in [7, 11) is 1.74. The molecule has 0 aromatic heterocycles. The van der Waals surface area contributed by atoms with Crippen molar-refractivity contribution in [2.75, 3.05) is 26.7 Å². The molecule has 0 radical (unpaired) electrons. The van der Waals surface area contributed by atoms with Gasteiger partial charge in [0, 0.05) is 26.7 Å². The molecular formula is C9H19N3O. The van der Waals surface area contributed by atoms with Gasteiger partial charge in [-0.25, -0.2) is 0 Å². The van der Waals surface area contributed by atoms with E-state index in [0.29, 0.717) is 12.1 Å². The summed E-state index contributed by atoms with van der Waals surface area (Å²) < 4.78 is 5.24. The molecule has 13 heavy (non-hydrogen) atoms. The van der Waals surface area contributed by atoms with Crippen LogP contribution in [-0.4, -0.2) is 43.7 Å². The molecule has 0 aromatic carbocycles. The third-order valence-electron chi connectivity index (χ3n) is 2.30. The standard InChI is InChI=1S/C9H19N3O/c1-3-5-11-9(10)12-6-4-8(7-12)13-2/h8H,3-7H2,1-2H3,(H2,10,11). The lowest BCUT2D eigenvalue weighted by Gasteiger charge is -2.16. The van der Waals surface area contributed by atoms with Crippen molar-refractivity contribution in [3.8, 4) is 0 Å². The first kappa shape index (κ1) is 10.3. The van der Waals surface area contributed by atoms with Crippen molar-refractivity contribution in [1.29, 1.82) is 0 Å². The summed E-state index contributed by atoms with van der Waals surface area (Å²) in [6, 6.07) is 0. The Hall–Kier alpha value is -0.770. The molecule has 1 heterocycles. The predicted octanol–water partition coefficient (Wildman–Crippen LogP) is 0.432. The number of likely N-dealkylation sites (tertiary alicyclic amines) is 1. The summed E-state index contributed by atoms with van der Waals surface area (Å²) in [5, 5.41) is 0. The molecule has 4 nitrogen and oxygen atoms in total. The predicted molar refractivity (Wildman–Crippen MR) is 53.8 cm³/mol. The minimum atomic E-state index is 0.329. The van der Waals surface area contributed by atoms with Crippen LogP contribution >= 0.6 is 0 Å². The van der Waals surface area contributed by atoms with Crippen molar-refractivity contribution < 1.29 is 4.74 Å². The van der Waals surface area contributed by atoms with Crippen LogP contribution in [0.15, 0.2) is 4.99 Å². The summed E-state index contributed by atoms with van der Waals surface area (Å²) in [5.41, 5.74) is 5.80. The number of ether oxygens (including phenoxy) is 1. The number of nitrogens with zero attached hydrogens (tertiary/aromatic N) is 2. The molecule has 76 valence electrons. The second-order valence-electron chi connectivity index (χ2n) is 3.33. The molecule has 1 atom stereocenters. The van der Waals surface area contributed by atoms with Gasteiger partial charge in [0.05, 0.1) is 6.10 Å². The van der Waals surface area contributed by atoms with Crippen LogP contribution in [0.5, 0.6) is 0 Å². The van der Waals surface area contributed by atoms with Gasteiger partial charge >= 0.3 is 0 Å². The van der Waals surface area contributed by atoms with Gasteiger partial charge in [0.15, 0.2) is 5.96 Å². The SMILES string of the molecule is CCCN=C(N)N1CCC(OC)C1. The van der Waals surface area contributed by atoms with Crippen LogP contribution in [-0.2, 0) is 4.74 Å². The molecule has 1 fully saturated rings. The highest BCUT2D eigenvalue weighted by molar-refractivity contribution is 5.78. The molecule has 1 rings (SSSR count). The maximum atomic E-state index is 5.80. The average molecular weight is 185 g/mol. The van der Waals surface area contributed by atoms with Gasteiger partial charge in [-0.3, -0.25) is 4.99 Å². The molecule has 1 aliphatic rings. The van der Waals surface area contributed by atoms with E-state index in [-0.39, 0.29) is 0 Å². The topological polar surface area (TPSA) is 50.8 Å². The van der Waals surface area contributed by atoms with Gasteiger partial charge in [-0.1, -0.05) is 6.92 Å². The lowest BCUT2D eigenvalue weighted by atomic mass is 10.3. The Morgan fingerprint density at radius 3 is 3.00 bits per heavy atom. The highest BCUT2D eigenvalue weighted by atomic mass is 16.5. The zero-order valence-corrected chi connectivity index (χ0v) is 8.49. The summed E-state index contributed by atoms with van der Waals surface area (Å²) in [5.74, 6) is 0.668. The van der Waals surface area contributed by atoms with Crippen LogP contribution in [0.2, 0.25) is 0 Å². The fourth-order valence-corrected chi connectivity index (χ4v) is 1.46. The minimum absolute atomic E-state index is 0.329. The molecule has 0 spiro atoms. The Morgan fingerprint density at radius 1 is 1.69 bits per heavy atom. The molecule has 2 N–H and O–H groups in total. The summed E-state index contributed by atoms with van der Waals surface area (Å²) in [4.78, 5) is 6.35. The van der Waals surface area contributed by atoms with Gasteiger partial charge in [-0.2, -0.15) is 0 Å². The van der Waals surface area contributed by atoms with Gasteiger partial charge in [0.25, 0.3) is 0 Å². The fraction of sp³-hybridized carbons (Fsp3) is 0.889. The Bertz CT molecular complexity index is 182. The zero-order chi connectivity index (χ0) is 9.68. The van der Waals surface area contributed by atoms with Crippen molar-refractivity contribution in [2.45, 2.75) is 25.9 Å². The van der Waals surface area contributed by atoms with Crippen LogP contribution in [0.25, 0.3) is 0 Å². The second-order valence-corrected chi connectivity index (χ2v) is 3.33. The van der Waals surface area contributed by atoms with E-state index in [1.54, 1.807) is 7.11 Å². The highest BCUT2D eigenvalue weighted by Crippen LogP contribution is 2.10. The fourth-order valence-electron chi connectivity index (χ4n) is 1.46. The van der Waals surface area contributed by atoms with Crippen LogP contribution < -0.4 is 5.73 Å². The molecule has 0 bridgehead atoms. The maximum Gasteiger partial charge on any atom is 0.191 e. The van der Waals surface area contributed by atoms with Crippen molar-refractivity contribution in [2.24, 2.45) is 10.7 Å². The monoisotopic (exact) mass is 185 g/mol. The quantitative estimate of drug-likeness (QED) is 0.512. The normalized spacial score (nSPS) is 24.0. The van der Waals surface area contributed by atoms with Crippen LogP contribution in [0.1, 0.15) is 19.8 Å². The first-order valence-electron chi connectivity index (χ1n) is 4.85. The number of aliphatic imine (C=N–C) groups is 1. The molecule has 0 aromatic rings. The first-order chi connectivity index (χ1) is 6.27. The third-order valence-corrected chi connectivity index (χ3v) is 2.30. The molecule has 1 unspecified atom stereocenters. The van der Waals surface area contributed by atoms with E-state index >= 15 is 0 Å². The Kier molecular flexibility index (Phi) is 4.02. The molecule has 1 saturated heterocycles. The van der Waals surface area contributed by atoms with E-state index in [2.05, 4.69) is 16.8 Å². The van der Waals surface area contributed by atoms with Gasteiger partial charge < -0.3 is 15.4 Å². The Balaban J connectivity index is 2.36. The van der Waals surface area contributed by atoms with Gasteiger partial charge in [-0.15, -0.1) is 0 Å². The van der Waals surface area contributed by atoms with Gasteiger partial charge in [-0.05, 0) is 12.8 Å². The third kappa shape index (κ3) is 2.88. The van der Waals surface area contributed by atoms with Crippen LogP contribution in [0, 0.1) is 0 Å². The number of guanidine groups is 1. The molecule has 0 saturated carbocycles. The zero-order valence-electron chi connectivity index (χ0n) is 8.49. The minimum Gasteiger partial charge on any atom is -0.380 e. The van der Waals surface area contributed by atoms with E-state index < -0.39 is 0 Å². The van der Waals surface area contributed by atoms with E-state index in [1.807, 2.05) is 0 Å². The molecule has 4 heteroatoms. The van der Waals surface area contributed by atoms with Crippen LogP contribution in [0.3, 0.4) is 0 Å². The van der Waals surface area contributed by atoms with E-state index in [4.69, 9.17) is 10.5 Å². The molecule has 0 aliphatic carbocycles. The van der Waals surface area contributed by atoms with Crippen molar-refractivity contribution in [3.63, 3.8) is 0 Å². The number of methoxy groups -OCH3 is 1. The summed E-state index contributed by atoms with van der Waals surface area (Å²) in [6.07, 6.45) is 2.43. The van der Waals surface area contributed by atoms with E-state index in [0.717, 1.165) is 32.5 Å². The van der Waals surface area contributed by atoms with Gasteiger partial charge in [0.1, 0.15) is 0 Å². The van der Waals surface area contributed by atoms with Crippen molar-refractivity contribution >= 4 is 5.96 Å². The van der Waals surface area contributed by atoms with Gasteiger partial charge in [0.2, 0.25) is 0 Å². The number of hydrogen-bond donors (Lipinski definition) is 1. The lowest BCUT2D eigenvalue weighted by Crippen LogP contribution is -2.36. The Labute approximate surface area is 79.8 Å². The Morgan fingerprint density at radius 2 is 2.46 bits per heavy atom. The highest BCUT2D eigenvalue weighted by Gasteiger charge is 2.22. The maximum absolute atomic E-state index is 5.80. The smallest absolute Gasteiger partial charge is 0.191 e. The van der Waals surface area contributed by atoms with Crippen molar-refractivity contribution in [3.05, 3.63) is 0 Å². The summed E-state index contributed by atoms with van der Waals surface area (Å²) >= 11 is 0. The van der Waals surface area contributed by atoms with Crippen LogP contribution in [0.4, 0.5) is 0 Å². The average Bonchev–Trinajstić information content (AvgIpc) is 2.62.